The third-order valence-electron chi connectivity index (χ3n) is 1.63. The summed E-state index contributed by atoms with van der Waals surface area (Å²) in [5, 5.41) is 0. The van der Waals surface area contributed by atoms with Gasteiger partial charge in [-0.25, -0.2) is 4.31 Å². The third kappa shape index (κ3) is 3.83. The topological polar surface area (TPSA) is 30.9 Å². The van der Waals surface area contributed by atoms with E-state index in [9.17, 15) is 0 Å². The summed E-state index contributed by atoms with van der Waals surface area (Å²) in [6.45, 7) is 3.29. The summed E-state index contributed by atoms with van der Waals surface area (Å²) in [5.41, 5.74) is -2.13. The van der Waals surface area contributed by atoms with Gasteiger partial charge in [0.15, 0.2) is 0 Å². The molecule has 13 heavy (non-hydrogen) atoms. The number of nitrogens with zero attached hydrogens (tertiary/aromatic N) is 1. The van der Waals surface area contributed by atoms with Gasteiger partial charge in [0.25, 0.3) is 5.69 Å². The summed E-state index contributed by atoms with van der Waals surface area (Å²) < 4.78 is 17.7. The van der Waals surface area contributed by atoms with Crippen molar-refractivity contribution in [3.05, 3.63) is 0 Å². The van der Waals surface area contributed by atoms with Crippen LogP contribution in [0.3, 0.4) is 0 Å². The van der Waals surface area contributed by atoms with Crippen molar-refractivity contribution < 1.29 is 13.8 Å². The van der Waals surface area contributed by atoms with E-state index in [-0.39, 0.29) is 0 Å². The van der Waals surface area contributed by atoms with Crippen LogP contribution in [0.1, 0.15) is 0 Å². The fraction of sp³-hybridized carbons (Fsp3) is 1.00. The van der Waals surface area contributed by atoms with Crippen molar-refractivity contribution in [3.63, 3.8) is 0 Å². The van der Waals surface area contributed by atoms with Crippen molar-refractivity contribution in [3.8, 4) is 0 Å². The zero-order valence-corrected chi connectivity index (χ0v) is 10.3. The normalized spacial score (nSPS) is 20.5. The van der Waals surface area contributed by atoms with Crippen LogP contribution in [-0.4, -0.2) is 44.8 Å². The van der Waals surface area contributed by atoms with Gasteiger partial charge in [0.2, 0.25) is 0 Å². The van der Waals surface area contributed by atoms with Crippen molar-refractivity contribution in [1.29, 1.82) is 0 Å². The molecular weight excluding hydrogens is 229 g/mol. The van der Waals surface area contributed by atoms with E-state index in [4.69, 9.17) is 25.6 Å². The number of hydrogen-bond acceptors (Lipinski definition) is 6. The van der Waals surface area contributed by atoms with E-state index in [0.717, 1.165) is 26.3 Å². The predicted molar refractivity (Wildman–Crippen MR) is 58.3 cm³/mol. The molecule has 1 heterocycles. The van der Waals surface area contributed by atoms with Crippen LogP contribution in [-0.2, 0) is 25.6 Å². The zero-order valence-electron chi connectivity index (χ0n) is 7.76. The van der Waals surface area contributed by atoms with E-state index in [1.165, 1.54) is 11.6 Å². The van der Waals surface area contributed by atoms with Crippen molar-refractivity contribution >= 4 is 29.1 Å². The summed E-state index contributed by atoms with van der Waals surface area (Å²) in [6.07, 6.45) is 0. The summed E-state index contributed by atoms with van der Waals surface area (Å²) in [7, 11) is 3.19. The van der Waals surface area contributed by atoms with Gasteiger partial charge in [0, 0.05) is 38.9 Å². The van der Waals surface area contributed by atoms with Crippen LogP contribution in [0, 0.1) is 0 Å². The largest absolute Gasteiger partial charge is 0.379 e. The molecule has 0 saturated carbocycles. The number of morpholine rings is 1. The fourth-order valence-corrected chi connectivity index (χ4v) is 4.38. The Morgan fingerprint density at radius 1 is 1.31 bits per heavy atom. The van der Waals surface area contributed by atoms with E-state index in [1.807, 2.05) is 0 Å². The molecule has 0 aromatic heterocycles. The van der Waals surface area contributed by atoms with Crippen molar-refractivity contribution in [2.24, 2.45) is 0 Å². The van der Waals surface area contributed by atoms with E-state index < -0.39 is 5.69 Å². The highest BCUT2D eigenvalue weighted by atomic mass is 32.9. The fourth-order valence-electron chi connectivity index (χ4n) is 0.911. The molecule has 1 aliphatic rings. The Bertz CT molecular complexity index is 190. The lowest BCUT2D eigenvalue weighted by Crippen LogP contribution is -2.30. The Kier molecular flexibility index (Phi) is 5.18. The van der Waals surface area contributed by atoms with Crippen LogP contribution in [0.2, 0.25) is 0 Å². The first-order chi connectivity index (χ1) is 6.20. The van der Waals surface area contributed by atoms with Gasteiger partial charge in [-0.1, -0.05) is 0 Å². The molecule has 0 radical (unpaired) electrons. The molecule has 0 aliphatic carbocycles. The summed E-state index contributed by atoms with van der Waals surface area (Å²) in [5.74, 6) is 0. The first-order valence-corrected chi connectivity index (χ1v) is 7.96. The van der Waals surface area contributed by atoms with Gasteiger partial charge in [-0.2, -0.15) is 0 Å². The Labute approximate surface area is 88.0 Å². The molecule has 0 atom stereocenters. The lowest BCUT2D eigenvalue weighted by molar-refractivity contribution is 0.0777. The van der Waals surface area contributed by atoms with Crippen LogP contribution in [0.4, 0.5) is 0 Å². The molecule has 4 nitrogen and oxygen atoms in total. The molecule has 0 aromatic rings. The van der Waals surface area contributed by atoms with Gasteiger partial charge in [0.1, 0.15) is 0 Å². The smallest absolute Gasteiger partial charge is 0.261 e. The number of rotatable bonds is 4. The molecule has 78 valence electrons. The highest BCUT2D eigenvalue weighted by molar-refractivity contribution is 8.67. The first kappa shape index (κ1) is 11.9. The molecule has 1 fully saturated rings. The van der Waals surface area contributed by atoms with E-state index >= 15 is 0 Å². The Morgan fingerprint density at radius 2 is 1.85 bits per heavy atom. The van der Waals surface area contributed by atoms with Crippen LogP contribution in [0.15, 0.2) is 0 Å². The third-order valence-corrected chi connectivity index (χ3v) is 7.00. The molecule has 0 unspecified atom stereocenters. The SMILES string of the molecule is COP(=S)(OC)SN1CCOCC1. The van der Waals surface area contributed by atoms with Gasteiger partial charge in [-0.3, -0.25) is 0 Å². The monoisotopic (exact) mass is 243 g/mol. The van der Waals surface area contributed by atoms with Crippen LogP contribution >= 0.6 is 17.3 Å². The Morgan fingerprint density at radius 3 is 2.31 bits per heavy atom. The predicted octanol–water partition coefficient (Wildman–Crippen LogP) is 1.48. The van der Waals surface area contributed by atoms with E-state index in [1.54, 1.807) is 14.2 Å². The minimum absolute atomic E-state index is 0.760. The summed E-state index contributed by atoms with van der Waals surface area (Å²) in [6, 6.07) is 0. The van der Waals surface area contributed by atoms with Crippen LogP contribution in [0.5, 0.6) is 0 Å². The van der Waals surface area contributed by atoms with E-state index in [0.29, 0.717) is 0 Å². The average molecular weight is 243 g/mol. The first-order valence-electron chi connectivity index (χ1n) is 3.94. The second kappa shape index (κ2) is 5.66. The quantitative estimate of drug-likeness (QED) is 0.549. The second-order valence-corrected chi connectivity index (χ2v) is 8.81. The Balaban J connectivity index is 2.40. The highest BCUT2D eigenvalue weighted by Crippen LogP contribution is 2.60. The second-order valence-electron chi connectivity index (χ2n) is 2.44. The minimum atomic E-state index is -2.13. The van der Waals surface area contributed by atoms with Crippen molar-refractivity contribution in [1.82, 2.24) is 4.31 Å². The molecular formula is C6H14NO3PS2. The highest BCUT2D eigenvalue weighted by Gasteiger charge is 2.23. The molecule has 1 rings (SSSR count). The standard InChI is InChI=1S/C6H14NO3PS2/c1-8-11(12,9-2)13-7-3-5-10-6-4-7/h3-6H2,1-2H3. The molecule has 1 saturated heterocycles. The number of hydrogen-bond donors (Lipinski definition) is 0. The molecule has 0 N–H and O–H groups in total. The zero-order chi connectivity index (χ0) is 9.73. The van der Waals surface area contributed by atoms with Gasteiger partial charge in [0.05, 0.1) is 13.2 Å². The molecule has 1 aliphatic heterocycles. The maximum absolute atomic E-state index is 5.23. The van der Waals surface area contributed by atoms with Crippen molar-refractivity contribution in [2.45, 2.75) is 0 Å². The molecule has 0 bridgehead atoms. The Hall–Kier alpha value is 0.840. The molecule has 0 spiro atoms. The van der Waals surface area contributed by atoms with E-state index in [2.05, 4.69) is 4.31 Å². The summed E-state index contributed by atoms with van der Waals surface area (Å²) in [4.78, 5) is 0. The lowest BCUT2D eigenvalue weighted by atomic mass is 10.5. The molecule has 0 amide bonds. The lowest BCUT2D eigenvalue weighted by Gasteiger charge is -2.28. The average Bonchev–Trinajstić information content (AvgIpc) is 2.19. The molecule has 0 aromatic carbocycles. The van der Waals surface area contributed by atoms with Gasteiger partial charge >= 0.3 is 0 Å². The van der Waals surface area contributed by atoms with Gasteiger partial charge in [-0.15, -0.1) is 0 Å². The van der Waals surface area contributed by atoms with Crippen molar-refractivity contribution in [2.75, 3.05) is 40.5 Å². The summed E-state index contributed by atoms with van der Waals surface area (Å²) >= 11 is 6.74. The number of ether oxygens (including phenoxy) is 1. The van der Waals surface area contributed by atoms with Gasteiger partial charge in [-0.05, 0) is 11.8 Å². The van der Waals surface area contributed by atoms with Gasteiger partial charge < -0.3 is 13.8 Å². The minimum Gasteiger partial charge on any atom is -0.379 e. The maximum atomic E-state index is 5.23. The maximum Gasteiger partial charge on any atom is 0.261 e. The van der Waals surface area contributed by atoms with Crippen LogP contribution < -0.4 is 0 Å². The molecule has 7 heteroatoms. The van der Waals surface area contributed by atoms with Crippen LogP contribution in [0.25, 0.3) is 0 Å².